The van der Waals surface area contributed by atoms with Crippen molar-refractivity contribution in [3.05, 3.63) is 29.8 Å². The normalized spacial score (nSPS) is 19.7. The minimum Gasteiger partial charge on any atom is -0.339 e. The molecule has 1 atom stereocenters. The Balaban J connectivity index is 1.92. The Kier molecular flexibility index (Phi) is 2.60. The van der Waals surface area contributed by atoms with Crippen LogP contribution in [-0.4, -0.2) is 28.2 Å². The van der Waals surface area contributed by atoms with Crippen LogP contribution >= 0.6 is 0 Å². The number of hydrogen-bond donors (Lipinski definition) is 1. The molecular weight excluding hydrogens is 216 g/mol. The molecule has 1 fully saturated rings. The van der Waals surface area contributed by atoms with E-state index in [9.17, 15) is 0 Å². The van der Waals surface area contributed by atoms with Crippen LogP contribution in [0.4, 0.5) is 0 Å². The zero-order valence-electron chi connectivity index (χ0n) is 9.68. The first kappa shape index (κ1) is 10.4. The van der Waals surface area contributed by atoms with Gasteiger partial charge in [0, 0.05) is 12.7 Å². The second-order valence-corrected chi connectivity index (χ2v) is 4.31. The molecule has 17 heavy (non-hydrogen) atoms. The molecule has 3 heterocycles. The highest BCUT2D eigenvalue weighted by Crippen LogP contribution is 2.24. The van der Waals surface area contributed by atoms with E-state index in [0.717, 1.165) is 36.7 Å². The van der Waals surface area contributed by atoms with E-state index in [1.807, 2.05) is 19.1 Å². The van der Waals surface area contributed by atoms with E-state index in [0.29, 0.717) is 11.7 Å². The van der Waals surface area contributed by atoms with Crippen molar-refractivity contribution in [3.8, 4) is 11.5 Å². The number of pyridine rings is 1. The van der Waals surface area contributed by atoms with Gasteiger partial charge in [0.15, 0.2) is 0 Å². The van der Waals surface area contributed by atoms with Crippen LogP contribution in [0.2, 0.25) is 0 Å². The molecule has 88 valence electrons. The quantitative estimate of drug-likeness (QED) is 0.847. The van der Waals surface area contributed by atoms with Crippen LogP contribution in [0.25, 0.3) is 11.5 Å². The predicted octanol–water partition coefficient (Wildman–Crippen LogP) is 1.52. The van der Waals surface area contributed by atoms with E-state index in [4.69, 9.17) is 4.52 Å². The van der Waals surface area contributed by atoms with Crippen LogP contribution in [0, 0.1) is 6.92 Å². The van der Waals surface area contributed by atoms with Gasteiger partial charge in [-0.25, -0.2) is 0 Å². The monoisotopic (exact) mass is 230 g/mol. The highest BCUT2D eigenvalue weighted by Gasteiger charge is 2.23. The minimum atomic E-state index is 0.347. The number of hydrogen-bond acceptors (Lipinski definition) is 5. The molecular formula is C12H14N4O. The summed E-state index contributed by atoms with van der Waals surface area (Å²) in [6.07, 6.45) is 2.80. The molecule has 0 aliphatic carbocycles. The van der Waals surface area contributed by atoms with Crippen LogP contribution in [0.3, 0.4) is 0 Å². The molecule has 1 unspecified atom stereocenters. The van der Waals surface area contributed by atoms with Crippen LogP contribution < -0.4 is 5.32 Å². The lowest BCUT2D eigenvalue weighted by atomic mass is 10.1. The maximum Gasteiger partial charge on any atom is 0.231 e. The van der Waals surface area contributed by atoms with Gasteiger partial charge in [-0.2, -0.15) is 4.98 Å². The minimum absolute atomic E-state index is 0.347. The van der Waals surface area contributed by atoms with Gasteiger partial charge in [-0.1, -0.05) is 11.2 Å². The molecule has 0 bridgehead atoms. The summed E-state index contributed by atoms with van der Waals surface area (Å²) in [6.45, 7) is 3.93. The molecule has 0 radical (unpaired) electrons. The van der Waals surface area contributed by atoms with Crippen molar-refractivity contribution in [2.24, 2.45) is 0 Å². The smallest absolute Gasteiger partial charge is 0.231 e. The lowest BCUT2D eigenvalue weighted by molar-refractivity contribution is 0.359. The van der Waals surface area contributed by atoms with Crippen molar-refractivity contribution in [1.29, 1.82) is 0 Å². The fraction of sp³-hybridized carbons (Fsp3) is 0.417. The Morgan fingerprint density at radius 1 is 1.47 bits per heavy atom. The van der Waals surface area contributed by atoms with Crippen molar-refractivity contribution in [1.82, 2.24) is 20.4 Å². The van der Waals surface area contributed by atoms with E-state index < -0.39 is 0 Å². The Morgan fingerprint density at radius 2 is 2.41 bits per heavy atom. The molecule has 0 spiro atoms. The first-order chi connectivity index (χ1) is 8.34. The van der Waals surface area contributed by atoms with Crippen molar-refractivity contribution in [2.45, 2.75) is 19.3 Å². The van der Waals surface area contributed by atoms with Crippen LogP contribution in [0.15, 0.2) is 22.9 Å². The summed E-state index contributed by atoms with van der Waals surface area (Å²) < 4.78 is 5.32. The molecule has 0 aromatic carbocycles. The standard InChI is InChI=1S/C12H14N4O/c1-8-3-2-5-14-10(8)11-15-12(17-16-11)9-4-6-13-7-9/h2-3,5,9,13H,4,6-7H2,1H3. The summed E-state index contributed by atoms with van der Waals surface area (Å²) in [7, 11) is 0. The fourth-order valence-corrected chi connectivity index (χ4v) is 2.08. The van der Waals surface area contributed by atoms with Crippen LogP contribution in [0.1, 0.15) is 23.8 Å². The van der Waals surface area contributed by atoms with Crippen molar-refractivity contribution < 1.29 is 4.52 Å². The van der Waals surface area contributed by atoms with Crippen LogP contribution in [-0.2, 0) is 0 Å². The highest BCUT2D eigenvalue weighted by atomic mass is 16.5. The molecule has 5 nitrogen and oxygen atoms in total. The third kappa shape index (κ3) is 1.93. The summed E-state index contributed by atoms with van der Waals surface area (Å²) in [4.78, 5) is 8.73. The van der Waals surface area contributed by atoms with E-state index in [1.165, 1.54) is 0 Å². The van der Waals surface area contributed by atoms with Crippen molar-refractivity contribution in [3.63, 3.8) is 0 Å². The third-order valence-electron chi connectivity index (χ3n) is 3.07. The Hall–Kier alpha value is -1.75. The van der Waals surface area contributed by atoms with Gasteiger partial charge < -0.3 is 9.84 Å². The molecule has 1 saturated heterocycles. The zero-order valence-corrected chi connectivity index (χ0v) is 9.68. The van der Waals surface area contributed by atoms with E-state index >= 15 is 0 Å². The van der Waals surface area contributed by atoms with E-state index in [1.54, 1.807) is 6.20 Å². The highest BCUT2D eigenvalue weighted by molar-refractivity contribution is 5.53. The largest absolute Gasteiger partial charge is 0.339 e. The maximum atomic E-state index is 5.32. The Bertz CT molecular complexity index is 517. The number of nitrogens with zero attached hydrogens (tertiary/aromatic N) is 3. The van der Waals surface area contributed by atoms with Gasteiger partial charge in [-0.05, 0) is 31.5 Å². The predicted molar refractivity (Wildman–Crippen MR) is 62.5 cm³/mol. The van der Waals surface area contributed by atoms with Gasteiger partial charge >= 0.3 is 0 Å². The maximum absolute atomic E-state index is 5.32. The molecule has 0 amide bonds. The number of rotatable bonds is 2. The average Bonchev–Trinajstić information content (AvgIpc) is 3.00. The van der Waals surface area contributed by atoms with Gasteiger partial charge in [-0.15, -0.1) is 0 Å². The average molecular weight is 230 g/mol. The number of aromatic nitrogens is 3. The molecule has 0 saturated carbocycles. The second kappa shape index (κ2) is 4.25. The zero-order chi connectivity index (χ0) is 11.7. The molecule has 2 aromatic heterocycles. The number of nitrogens with one attached hydrogen (secondary N) is 1. The van der Waals surface area contributed by atoms with Gasteiger partial charge in [0.25, 0.3) is 0 Å². The molecule has 1 aliphatic heterocycles. The van der Waals surface area contributed by atoms with Crippen molar-refractivity contribution >= 4 is 0 Å². The third-order valence-corrected chi connectivity index (χ3v) is 3.07. The van der Waals surface area contributed by atoms with Gasteiger partial charge in [0.2, 0.25) is 11.7 Å². The van der Waals surface area contributed by atoms with Gasteiger partial charge in [0.1, 0.15) is 5.69 Å². The first-order valence-corrected chi connectivity index (χ1v) is 5.81. The summed E-state index contributed by atoms with van der Waals surface area (Å²) in [5.74, 6) is 1.65. The van der Waals surface area contributed by atoms with Crippen molar-refractivity contribution in [2.75, 3.05) is 13.1 Å². The number of aryl methyl sites for hydroxylation is 1. The second-order valence-electron chi connectivity index (χ2n) is 4.31. The van der Waals surface area contributed by atoms with E-state index in [-0.39, 0.29) is 0 Å². The summed E-state index contributed by atoms with van der Waals surface area (Å²) in [6, 6.07) is 3.90. The molecule has 3 rings (SSSR count). The summed E-state index contributed by atoms with van der Waals surface area (Å²) in [5.41, 5.74) is 1.86. The topological polar surface area (TPSA) is 63.8 Å². The Labute approximate surface area is 99.3 Å². The SMILES string of the molecule is Cc1cccnc1-c1noc(C2CCNC2)n1. The summed E-state index contributed by atoms with van der Waals surface area (Å²) in [5, 5.41) is 7.30. The lowest BCUT2D eigenvalue weighted by Crippen LogP contribution is -2.08. The van der Waals surface area contributed by atoms with Gasteiger partial charge in [0.05, 0.1) is 5.92 Å². The Morgan fingerprint density at radius 3 is 3.18 bits per heavy atom. The lowest BCUT2D eigenvalue weighted by Gasteiger charge is -1.99. The molecule has 5 heteroatoms. The van der Waals surface area contributed by atoms with Crippen LogP contribution in [0.5, 0.6) is 0 Å². The molecule has 1 aliphatic rings. The molecule has 1 N–H and O–H groups in total. The first-order valence-electron chi connectivity index (χ1n) is 5.81. The fourth-order valence-electron chi connectivity index (χ4n) is 2.08. The van der Waals surface area contributed by atoms with E-state index in [2.05, 4.69) is 20.4 Å². The summed E-state index contributed by atoms with van der Waals surface area (Å²) >= 11 is 0. The molecule has 2 aromatic rings. The van der Waals surface area contributed by atoms with Gasteiger partial charge in [-0.3, -0.25) is 4.98 Å².